The van der Waals surface area contributed by atoms with E-state index in [1.54, 1.807) is 18.4 Å². The third kappa shape index (κ3) is 2.77. The minimum Gasteiger partial charge on any atom is -0.495 e. The standard InChI is InChI=1S/C12H12BrNOS/c1-15-12-3-2-10(13)6-11(12)14-7-9-4-5-16-8-9/h2-6,8,14H,7H2,1H3. The van der Waals surface area contributed by atoms with Gasteiger partial charge in [-0.25, -0.2) is 0 Å². The number of benzene rings is 1. The van der Waals surface area contributed by atoms with Crippen LogP contribution in [0.25, 0.3) is 0 Å². The van der Waals surface area contributed by atoms with Crippen LogP contribution in [0.1, 0.15) is 5.56 Å². The number of methoxy groups -OCH3 is 1. The van der Waals surface area contributed by atoms with Gasteiger partial charge in [0.25, 0.3) is 0 Å². The van der Waals surface area contributed by atoms with Gasteiger partial charge in [0.15, 0.2) is 0 Å². The molecular formula is C12H12BrNOS. The lowest BCUT2D eigenvalue weighted by Crippen LogP contribution is -2.00. The van der Waals surface area contributed by atoms with Gasteiger partial charge in [-0.3, -0.25) is 0 Å². The molecule has 0 amide bonds. The molecule has 0 unspecified atom stereocenters. The Kier molecular flexibility index (Phi) is 3.85. The Hall–Kier alpha value is -1.00. The SMILES string of the molecule is COc1ccc(Br)cc1NCc1ccsc1. The minimum absolute atomic E-state index is 0.816. The second-order valence-corrected chi connectivity index (χ2v) is 5.03. The van der Waals surface area contributed by atoms with Crippen LogP contribution in [0.15, 0.2) is 39.5 Å². The molecule has 0 aliphatic rings. The number of anilines is 1. The van der Waals surface area contributed by atoms with E-state index >= 15 is 0 Å². The summed E-state index contributed by atoms with van der Waals surface area (Å²) in [6.45, 7) is 0.816. The summed E-state index contributed by atoms with van der Waals surface area (Å²) < 4.78 is 6.33. The van der Waals surface area contributed by atoms with E-state index in [2.05, 4.69) is 38.1 Å². The molecule has 1 N–H and O–H groups in total. The first-order valence-corrected chi connectivity index (χ1v) is 6.61. The van der Waals surface area contributed by atoms with E-state index < -0.39 is 0 Å². The van der Waals surface area contributed by atoms with E-state index in [1.165, 1.54) is 5.56 Å². The number of hydrogen-bond acceptors (Lipinski definition) is 3. The van der Waals surface area contributed by atoms with E-state index in [0.717, 1.165) is 22.5 Å². The van der Waals surface area contributed by atoms with Gasteiger partial charge in [-0.15, -0.1) is 0 Å². The molecule has 2 nitrogen and oxygen atoms in total. The Morgan fingerprint density at radius 2 is 2.25 bits per heavy atom. The molecule has 2 aromatic rings. The molecule has 0 spiro atoms. The van der Waals surface area contributed by atoms with Crippen molar-refractivity contribution in [3.63, 3.8) is 0 Å². The van der Waals surface area contributed by atoms with Gasteiger partial charge in [-0.1, -0.05) is 15.9 Å². The third-order valence-corrected chi connectivity index (χ3v) is 3.45. The summed E-state index contributed by atoms with van der Waals surface area (Å²) in [6.07, 6.45) is 0. The van der Waals surface area contributed by atoms with Gasteiger partial charge >= 0.3 is 0 Å². The largest absolute Gasteiger partial charge is 0.495 e. The zero-order chi connectivity index (χ0) is 11.4. The van der Waals surface area contributed by atoms with Gasteiger partial charge in [0.05, 0.1) is 12.8 Å². The molecule has 0 aliphatic carbocycles. The highest BCUT2D eigenvalue weighted by Gasteiger charge is 2.03. The zero-order valence-corrected chi connectivity index (χ0v) is 11.3. The number of halogens is 1. The Morgan fingerprint density at radius 1 is 1.38 bits per heavy atom. The molecule has 0 bridgehead atoms. The second-order valence-electron chi connectivity index (χ2n) is 3.33. The Balaban J connectivity index is 2.11. The van der Waals surface area contributed by atoms with Crippen molar-refractivity contribution in [2.24, 2.45) is 0 Å². The summed E-state index contributed by atoms with van der Waals surface area (Å²) >= 11 is 5.16. The lowest BCUT2D eigenvalue weighted by molar-refractivity contribution is 0.416. The fraction of sp³-hybridized carbons (Fsp3) is 0.167. The summed E-state index contributed by atoms with van der Waals surface area (Å²) in [6, 6.07) is 8.04. The monoisotopic (exact) mass is 297 g/mol. The summed E-state index contributed by atoms with van der Waals surface area (Å²) in [5, 5.41) is 7.57. The molecular weight excluding hydrogens is 286 g/mol. The number of thiophene rings is 1. The summed E-state index contributed by atoms with van der Waals surface area (Å²) in [5.41, 5.74) is 2.29. The highest BCUT2D eigenvalue weighted by atomic mass is 79.9. The highest BCUT2D eigenvalue weighted by Crippen LogP contribution is 2.28. The number of nitrogens with one attached hydrogen (secondary N) is 1. The van der Waals surface area contributed by atoms with Crippen molar-refractivity contribution >= 4 is 33.0 Å². The molecule has 1 heterocycles. The molecule has 84 valence electrons. The van der Waals surface area contributed by atoms with Gasteiger partial charge in [-0.2, -0.15) is 11.3 Å². The van der Waals surface area contributed by atoms with E-state index in [9.17, 15) is 0 Å². The predicted molar refractivity (Wildman–Crippen MR) is 72.3 cm³/mol. The van der Waals surface area contributed by atoms with Crippen LogP contribution in [0, 0.1) is 0 Å². The van der Waals surface area contributed by atoms with E-state index in [0.29, 0.717) is 0 Å². The molecule has 2 rings (SSSR count). The van der Waals surface area contributed by atoms with Crippen molar-refractivity contribution in [2.45, 2.75) is 6.54 Å². The topological polar surface area (TPSA) is 21.3 Å². The minimum atomic E-state index is 0.816. The van der Waals surface area contributed by atoms with Crippen LogP contribution in [0.3, 0.4) is 0 Å². The first kappa shape index (κ1) is 11.5. The molecule has 0 saturated heterocycles. The molecule has 0 radical (unpaired) electrons. The molecule has 0 saturated carbocycles. The summed E-state index contributed by atoms with van der Waals surface area (Å²) in [7, 11) is 1.68. The van der Waals surface area contributed by atoms with Crippen molar-refractivity contribution in [1.29, 1.82) is 0 Å². The van der Waals surface area contributed by atoms with Crippen LogP contribution >= 0.6 is 27.3 Å². The Labute approximate surface area is 107 Å². The fourth-order valence-electron chi connectivity index (χ4n) is 1.41. The van der Waals surface area contributed by atoms with Crippen LogP contribution in [-0.2, 0) is 6.54 Å². The maximum Gasteiger partial charge on any atom is 0.142 e. The second kappa shape index (κ2) is 5.37. The van der Waals surface area contributed by atoms with Crippen LogP contribution < -0.4 is 10.1 Å². The van der Waals surface area contributed by atoms with Crippen LogP contribution in [0.4, 0.5) is 5.69 Å². The smallest absolute Gasteiger partial charge is 0.142 e. The first-order chi connectivity index (χ1) is 7.79. The quantitative estimate of drug-likeness (QED) is 0.916. The van der Waals surface area contributed by atoms with Crippen molar-refractivity contribution < 1.29 is 4.74 Å². The molecule has 0 atom stereocenters. The molecule has 1 aromatic heterocycles. The molecule has 4 heteroatoms. The Morgan fingerprint density at radius 3 is 2.94 bits per heavy atom. The van der Waals surface area contributed by atoms with E-state index in [-0.39, 0.29) is 0 Å². The van der Waals surface area contributed by atoms with Crippen molar-refractivity contribution in [3.8, 4) is 5.75 Å². The first-order valence-electron chi connectivity index (χ1n) is 4.88. The average molecular weight is 298 g/mol. The van der Waals surface area contributed by atoms with E-state index in [4.69, 9.17) is 4.74 Å². The lowest BCUT2D eigenvalue weighted by atomic mass is 10.2. The highest BCUT2D eigenvalue weighted by molar-refractivity contribution is 9.10. The molecule has 0 fully saturated rings. The average Bonchev–Trinajstić information content (AvgIpc) is 2.79. The summed E-state index contributed by atoms with van der Waals surface area (Å²) in [5.74, 6) is 0.860. The molecule has 16 heavy (non-hydrogen) atoms. The summed E-state index contributed by atoms with van der Waals surface area (Å²) in [4.78, 5) is 0. The normalized spacial score (nSPS) is 10.1. The van der Waals surface area contributed by atoms with Crippen molar-refractivity contribution in [1.82, 2.24) is 0 Å². The maximum absolute atomic E-state index is 5.29. The number of ether oxygens (including phenoxy) is 1. The van der Waals surface area contributed by atoms with Crippen LogP contribution in [0.5, 0.6) is 5.75 Å². The zero-order valence-electron chi connectivity index (χ0n) is 8.87. The molecule has 0 aliphatic heterocycles. The van der Waals surface area contributed by atoms with Gasteiger partial charge < -0.3 is 10.1 Å². The van der Waals surface area contributed by atoms with Crippen molar-refractivity contribution in [2.75, 3.05) is 12.4 Å². The van der Waals surface area contributed by atoms with Gasteiger partial charge in [0, 0.05) is 11.0 Å². The Bertz CT molecular complexity index is 456. The molecule has 1 aromatic carbocycles. The van der Waals surface area contributed by atoms with Crippen molar-refractivity contribution in [3.05, 3.63) is 45.1 Å². The van der Waals surface area contributed by atoms with Gasteiger partial charge in [0.2, 0.25) is 0 Å². The number of rotatable bonds is 4. The van der Waals surface area contributed by atoms with E-state index in [1.807, 2.05) is 18.2 Å². The fourth-order valence-corrected chi connectivity index (χ4v) is 2.44. The maximum atomic E-state index is 5.29. The predicted octanol–water partition coefficient (Wildman–Crippen LogP) is 4.13. The van der Waals surface area contributed by atoms with Gasteiger partial charge in [-0.05, 0) is 40.6 Å². The number of hydrogen-bond donors (Lipinski definition) is 1. The van der Waals surface area contributed by atoms with Crippen LogP contribution in [-0.4, -0.2) is 7.11 Å². The van der Waals surface area contributed by atoms with Gasteiger partial charge in [0.1, 0.15) is 5.75 Å². The third-order valence-electron chi connectivity index (χ3n) is 2.22. The van der Waals surface area contributed by atoms with Crippen LogP contribution in [0.2, 0.25) is 0 Å². The lowest BCUT2D eigenvalue weighted by Gasteiger charge is -2.10.